The average Bonchev–Trinajstić information content (AvgIpc) is 2.44. The minimum absolute atomic E-state index is 0.0514. The Hall–Kier alpha value is -2.14. The smallest absolute Gasteiger partial charge is 0.337 e. The molecule has 5 nitrogen and oxygen atoms in total. The van der Waals surface area contributed by atoms with E-state index < -0.39 is 18.0 Å². The van der Waals surface area contributed by atoms with Crippen LogP contribution in [0.25, 0.3) is 0 Å². The van der Waals surface area contributed by atoms with Gasteiger partial charge in [-0.1, -0.05) is 18.7 Å². The van der Waals surface area contributed by atoms with E-state index in [4.69, 9.17) is 4.74 Å². The van der Waals surface area contributed by atoms with Gasteiger partial charge in [-0.05, 0) is 31.5 Å². The second kappa shape index (κ2) is 6.86. The van der Waals surface area contributed by atoms with E-state index >= 15 is 0 Å². The fourth-order valence-electron chi connectivity index (χ4n) is 1.52. The molecule has 0 aliphatic carbocycles. The van der Waals surface area contributed by atoms with Crippen LogP contribution in [0.5, 0.6) is 0 Å². The van der Waals surface area contributed by atoms with Crippen LogP contribution in [0.3, 0.4) is 0 Å². The summed E-state index contributed by atoms with van der Waals surface area (Å²) in [6.45, 7) is 6.96. The fourth-order valence-corrected chi connectivity index (χ4v) is 1.52. The highest BCUT2D eigenvalue weighted by Crippen LogP contribution is 2.22. The second-order valence-electron chi connectivity index (χ2n) is 4.50. The van der Waals surface area contributed by atoms with Crippen molar-refractivity contribution in [2.24, 2.45) is 0 Å². The van der Waals surface area contributed by atoms with Gasteiger partial charge in [0.2, 0.25) is 0 Å². The minimum atomic E-state index is -1.17. The third-order valence-corrected chi connectivity index (χ3v) is 2.58. The molecular weight excluding hydrogens is 260 g/mol. The quantitative estimate of drug-likeness (QED) is 0.659. The second-order valence-corrected chi connectivity index (χ2v) is 4.50. The van der Waals surface area contributed by atoms with E-state index in [-0.39, 0.29) is 11.7 Å². The zero-order chi connectivity index (χ0) is 15.3. The standard InChI is InChI=1S/C15H18O5/c1-9(2)20-14(17)10(3)13(16)11-5-7-12(8-6-11)15(18)19-4/h5-9,13,16H,3H2,1-2,4H3. The van der Waals surface area contributed by atoms with E-state index in [0.717, 1.165) is 0 Å². The number of benzene rings is 1. The molecule has 108 valence electrons. The molecule has 1 aromatic carbocycles. The maximum atomic E-state index is 11.6. The molecule has 0 saturated heterocycles. The van der Waals surface area contributed by atoms with Gasteiger partial charge in [0.1, 0.15) is 6.10 Å². The number of carbonyl (C=O) groups excluding carboxylic acids is 2. The van der Waals surface area contributed by atoms with E-state index in [1.54, 1.807) is 13.8 Å². The molecule has 5 heteroatoms. The summed E-state index contributed by atoms with van der Waals surface area (Å²) in [5.41, 5.74) is 0.756. The van der Waals surface area contributed by atoms with Gasteiger partial charge in [0.15, 0.2) is 0 Å². The summed E-state index contributed by atoms with van der Waals surface area (Å²) >= 11 is 0. The number of aliphatic hydroxyl groups is 1. The Balaban J connectivity index is 2.82. The summed E-state index contributed by atoms with van der Waals surface area (Å²) in [5, 5.41) is 10.0. The first kappa shape index (κ1) is 15.9. The average molecular weight is 278 g/mol. The van der Waals surface area contributed by atoms with Crippen LogP contribution in [0.15, 0.2) is 36.4 Å². The van der Waals surface area contributed by atoms with Crippen molar-refractivity contribution in [2.75, 3.05) is 7.11 Å². The molecule has 0 fully saturated rings. The number of rotatable bonds is 5. The summed E-state index contributed by atoms with van der Waals surface area (Å²) in [6, 6.07) is 6.08. The van der Waals surface area contributed by atoms with Crippen molar-refractivity contribution in [2.45, 2.75) is 26.1 Å². The zero-order valence-corrected chi connectivity index (χ0v) is 11.8. The van der Waals surface area contributed by atoms with Crippen molar-refractivity contribution in [3.8, 4) is 0 Å². The molecule has 0 radical (unpaired) electrons. The normalized spacial score (nSPS) is 11.8. The van der Waals surface area contributed by atoms with Gasteiger partial charge in [-0.25, -0.2) is 9.59 Å². The van der Waals surface area contributed by atoms with Crippen LogP contribution in [-0.2, 0) is 14.3 Å². The van der Waals surface area contributed by atoms with Crippen LogP contribution in [0.4, 0.5) is 0 Å². The van der Waals surface area contributed by atoms with E-state index in [9.17, 15) is 14.7 Å². The molecule has 0 aromatic heterocycles. The SMILES string of the molecule is C=C(C(=O)OC(C)C)C(O)c1ccc(C(=O)OC)cc1. The predicted octanol–water partition coefficient (Wildman–Crippen LogP) is 2.01. The Bertz CT molecular complexity index is 502. The van der Waals surface area contributed by atoms with E-state index in [1.807, 2.05) is 0 Å². The predicted molar refractivity (Wildman–Crippen MR) is 73.1 cm³/mol. The van der Waals surface area contributed by atoms with Crippen molar-refractivity contribution in [1.29, 1.82) is 0 Å². The lowest BCUT2D eigenvalue weighted by Gasteiger charge is -2.15. The van der Waals surface area contributed by atoms with Gasteiger partial charge in [-0.2, -0.15) is 0 Å². The Morgan fingerprint density at radius 2 is 1.75 bits per heavy atom. The zero-order valence-electron chi connectivity index (χ0n) is 11.8. The van der Waals surface area contributed by atoms with Crippen LogP contribution < -0.4 is 0 Å². The Kier molecular flexibility index (Phi) is 5.46. The van der Waals surface area contributed by atoms with Crippen molar-refractivity contribution < 1.29 is 24.2 Å². The first-order valence-corrected chi connectivity index (χ1v) is 6.13. The number of hydrogen-bond donors (Lipinski definition) is 1. The third-order valence-electron chi connectivity index (χ3n) is 2.58. The number of aliphatic hydroxyl groups excluding tert-OH is 1. The van der Waals surface area contributed by atoms with Crippen molar-refractivity contribution in [1.82, 2.24) is 0 Å². The summed E-state index contributed by atoms with van der Waals surface area (Å²) in [4.78, 5) is 22.9. The van der Waals surface area contributed by atoms with Crippen LogP contribution in [0, 0.1) is 0 Å². The molecule has 0 aliphatic heterocycles. The minimum Gasteiger partial charge on any atom is -0.465 e. The summed E-state index contributed by atoms with van der Waals surface area (Å²) in [6.07, 6.45) is -1.46. The van der Waals surface area contributed by atoms with Gasteiger partial charge in [0, 0.05) is 0 Å². The summed E-state index contributed by atoms with van der Waals surface area (Å²) in [5.74, 6) is -1.12. The summed E-state index contributed by atoms with van der Waals surface area (Å²) < 4.78 is 9.53. The highest BCUT2D eigenvalue weighted by atomic mass is 16.5. The number of carbonyl (C=O) groups is 2. The Labute approximate surface area is 117 Å². The van der Waals surface area contributed by atoms with E-state index in [0.29, 0.717) is 11.1 Å². The highest BCUT2D eigenvalue weighted by molar-refractivity contribution is 5.90. The Morgan fingerprint density at radius 1 is 1.20 bits per heavy atom. The highest BCUT2D eigenvalue weighted by Gasteiger charge is 2.20. The largest absolute Gasteiger partial charge is 0.465 e. The van der Waals surface area contributed by atoms with Gasteiger partial charge in [0.05, 0.1) is 24.4 Å². The van der Waals surface area contributed by atoms with E-state index in [1.165, 1.54) is 31.4 Å². The summed E-state index contributed by atoms with van der Waals surface area (Å²) in [7, 11) is 1.29. The fraction of sp³-hybridized carbons (Fsp3) is 0.333. The van der Waals surface area contributed by atoms with Crippen LogP contribution in [0.1, 0.15) is 35.9 Å². The third kappa shape index (κ3) is 3.93. The van der Waals surface area contributed by atoms with Gasteiger partial charge in [0.25, 0.3) is 0 Å². The van der Waals surface area contributed by atoms with Crippen LogP contribution in [-0.4, -0.2) is 30.3 Å². The topological polar surface area (TPSA) is 72.8 Å². The maximum absolute atomic E-state index is 11.6. The van der Waals surface area contributed by atoms with Crippen LogP contribution in [0.2, 0.25) is 0 Å². The van der Waals surface area contributed by atoms with Crippen molar-refractivity contribution in [3.05, 3.63) is 47.5 Å². The van der Waals surface area contributed by atoms with E-state index in [2.05, 4.69) is 11.3 Å². The lowest BCUT2D eigenvalue weighted by molar-refractivity contribution is -0.143. The molecule has 1 N–H and O–H groups in total. The first-order valence-electron chi connectivity index (χ1n) is 6.13. The molecule has 1 aromatic rings. The molecule has 0 amide bonds. The molecule has 1 unspecified atom stereocenters. The van der Waals surface area contributed by atoms with Gasteiger partial charge in [-0.15, -0.1) is 0 Å². The molecule has 0 saturated carbocycles. The first-order chi connectivity index (χ1) is 9.36. The number of esters is 2. The number of methoxy groups -OCH3 is 1. The van der Waals surface area contributed by atoms with Gasteiger partial charge in [-0.3, -0.25) is 0 Å². The molecule has 1 rings (SSSR count). The lowest BCUT2D eigenvalue weighted by atomic mass is 10.0. The van der Waals surface area contributed by atoms with Gasteiger partial charge >= 0.3 is 11.9 Å². The molecule has 0 heterocycles. The van der Waals surface area contributed by atoms with Gasteiger partial charge < -0.3 is 14.6 Å². The molecule has 0 spiro atoms. The molecule has 1 atom stereocenters. The van der Waals surface area contributed by atoms with Crippen LogP contribution >= 0.6 is 0 Å². The molecule has 0 bridgehead atoms. The van der Waals surface area contributed by atoms with Crippen molar-refractivity contribution in [3.63, 3.8) is 0 Å². The maximum Gasteiger partial charge on any atom is 0.337 e. The number of hydrogen-bond acceptors (Lipinski definition) is 5. The molecular formula is C15H18O5. The lowest BCUT2D eigenvalue weighted by Crippen LogP contribution is -2.17. The Morgan fingerprint density at radius 3 is 2.20 bits per heavy atom. The molecule has 20 heavy (non-hydrogen) atoms. The monoisotopic (exact) mass is 278 g/mol. The van der Waals surface area contributed by atoms with Crippen molar-refractivity contribution >= 4 is 11.9 Å². The number of ether oxygens (including phenoxy) is 2. The molecule has 0 aliphatic rings.